The summed E-state index contributed by atoms with van der Waals surface area (Å²) in [6, 6.07) is 16.2. The first-order chi connectivity index (χ1) is 11.7. The van der Waals surface area contributed by atoms with Gasteiger partial charge in [-0.2, -0.15) is 5.26 Å². The lowest BCUT2D eigenvalue weighted by atomic mass is 10.1. The molecule has 0 spiro atoms. The SMILES string of the molecule is N#CCCn1cc(C(=O)CSc2ccccc2F)c2ccccc21. The Morgan fingerprint density at radius 3 is 2.71 bits per heavy atom. The minimum Gasteiger partial charge on any atom is -0.346 e. The molecule has 5 heteroatoms. The summed E-state index contributed by atoms with van der Waals surface area (Å²) in [6.45, 7) is 0.546. The molecule has 0 amide bonds. The van der Waals surface area contributed by atoms with Crippen LogP contribution in [0.5, 0.6) is 0 Å². The molecule has 0 saturated carbocycles. The Labute approximate surface area is 143 Å². The van der Waals surface area contributed by atoms with Gasteiger partial charge in [-0.15, -0.1) is 11.8 Å². The lowest BCUT2D eigenvalue weighted by Gasteiger charge is -2.02. The van der Waals surface area contributed by atoms with Crippen LogP contribution in [-0.2, 0) is 6.54 Å². The fraction of sp³-hybridized carbons (Fsp3) is 0.158. The van der Waals surface area contributed by atoms with Gasteiger partial charge in [0.15, 0.2) is 5.78 Å². The van der Waals surface area contributed by atoms with Crippen LogP contribution >= 0.6 is 11.8 Å². The van der Waals surface area contributed by atoms with Gasteiger partial charge in [0.2, 0.25) is 0 Å². The molecule has 120 valence electrons. The molecule has 0 aliphatic carbocycles. The molecule has 0 atom stereocenters. The summed E-state index contributed by atoms with van der Waals surface area (Å²) in [7, 11) is 0. The van der Waals surface area contributed by atoms with E-state index in [4.69, 9.17) is 5.26 Å². The molecule has 0 saturated heterocycles. The lowest BCUT2D eigenvalue weighted by Crippen LogP contribution is -2.02. The van der Waals surface area contributed by atoms with Crippen LogP contribution in [0.1, 0.15) is 16.8 Å². The first-order valence-corrected chi connectivity index (χ1v) is 8.54. The van der Waals surface area contributed by atoms with Crippen molar-refractivity contribution in [3.8, 4) is 6.07 Å². The number of para-hydroxylation sites is 1. The van der Waals surface area contributed by atoms with E-state index in [0.717, 1.165) is 10.9 Å². The number of halogens is 1. The third kappa shape index (κ3) is 3.34. The molecule has 3 aromatic rings. The maximum absolute atomic E-state index is 13.7. The second-order valence-corrected chi connectivity index (χ2v) is 6.32. The van der Waals surface area contributed by atoms with Crippen molar-refractivity contribution in [1.82, 2.24) is 4.57 Å². The molecular weight excluding hydrogens is 323 g/mol. The van der Waals surface area contributed by atoms with E-state index in [1.807, 2.05) is 28.8 Å². The first kappa shape index (κ1) is 16.3. The Kier molecular flexibility index (Phi) is 4.97. The van der Waals surface area contributed by atoms with Gasteiger partial charge in [-0.3, -0.25) is 4.79 Å². The minimum atomic E-state index is -0.313. The Morgan fingerprint density at radius 1 is 1.17 bits per heavy atom. The molecule has 0 N–H and O–H groups in total. The molecule has 3 nitrogen and oxygen atoms in total. The molecule has 0 bridgehead atoms. The fourth-order valence-corrected chi connectivity index (χ4v) is 3.43. The number of rotatable bonds is 6. The van der Waals surface area contributed by atoms with Crippen LogP contribution < -0.4 is 0 Å². The van der Waals surface area contributed by atoms with Gasteiger partial charge in [-0.05, 0) is 18.2 Å². The average molecular weight is 338 g/mol. The van der Waals surface area contributed by atoms with E-state index < -0.39 is 0 Å². The molecule has 24 heavy (non-hydrogen) atoms. The Balaban J connectivity index is 1.84. The molecule has 0 aliphatic rings. The van der Waals surface area contributed by atoms with Crippen molar-refractivity contribution < 1.29 is 9.18 Å². The highest BCUT2D eigenvalue weighted by atomic mass is 32.2. The van der Waals surface area contributed by atoms with Crippen LogP contribution in [0.25, 0.3) is 10.9 Å². The molecule has 3 rings (SSSR count). The van der Waals surface area contributed by atoms with Gasteiger partial charge < -0.3 is 4.57 Å². The third-order valence-corrected chi connectivity index (χ3v) is 4.80. The highest BCUT2D eigenvalue weighted by molar-refractivity contribution is 8.00. The highest BCUT2D eigenvalue weighted by Gasteiger charge is 2.15. The minimum absolute atomic E-state index is 0.0461. The van der Waals surface area contributed by atoms with Crippen LogP contribution in [0.3, 0.4) is 0 Å². The smallest absolute Gasteiger partial charge is 0.175 e. The van der Waals surface area contributed by atoms with Crippen molar-refractivity contribution in [3.63, 3.8) is 0 Å². The van der Waals surface area contributed by atoms with E-state index in [0.29, 0.717) is 23.4 Å². The number of aromatic nitrogens is 1. The zero-order valence-corrected chi connectivity index (χ0v) is 13.7. The molecule has 2 aromatic carbocycles. The summed E-state index contributed by atoms with van der Waals surface area (Å²) < 4.78 is 15.6. The number of carbonyl (C=O) groups is 1. The number of fused-ring (bicyclic) bond motifs is 1. The number of benzene rings is 2. The van der Waals surface area contributed by atoms with Gasteiger partial charge in [-0.1, -0.05) is 30.3 Å². The largest absolute Gasteiger partial charge is 0.346 e. The van der Waals surface area contributed by atoms with Crippen LogP contribution in [0.4, 0.5) is 4.39 Å². The standard InChI is InChI=1S/C19H15FN2OS/c20-16-7-2-4-9-19(16)24-13-18(23)15-12-22(11-5-10-21)17-8-3-1-6-14(15)17/h1-4,6-9,12H,5,11,13H2. The lowest BCUT2D eigenvalue weighted by molar-refractivity contribution is 0.102. The van der Waals surface area contributed by atoms with Crippen molar-refractivity contribution in [2.24, 2.45) is 0 Å². The second-order valence-electron chi connectivity index (χ2n) is 5.30. The summed E-state index contributed by atoms with van der Waals surface area (Å²) in [6.07, 6.45) is 2.18. The molecule has 1 aromatic heterocycles. The quantitative estimate of drug-likeness (QED) is 0.485. The van der Waals surface area contributed by atoms with Crippen LogP contribution in [0.2, 0.25) is 0 Å². The van der Waals surface area contributed by atoms with Crippen molar-refractivity contribution in [2.45, 2.75) is 17.9 Å². The number of aryl methyl sites for hydroxylation is 1. The molecule has 0 unspecified atom stereocenters. The second kappa shape index (κ2) is 7.33. The first-order valence-electron chi connectivity index (χ1n) is 7.56. The van der Waals surface area contributed by atoms with Crippen molar-refractivity contribution in [2.75, 3.05) is 5.75 Å². The van der Waals surface area contributed by atoms with E-state index in [1.54, 1.807) is 24.4 Å². The van der Waals surface area contributed by atoms with E-state index in [9.17, 15) is 9.18 Å². The average Bonchev–Trinajstić information content (AvgIpc) is 2.98. The zero-order chi connectivity index (χ0) is 16.9. The number of hydrogen-bond donors (Lipinski definition) is 0. The molecule has 1 heterocycles. The number of nitriles is 1. The van der Waals surface area contributed by atoms with Crippen LogP contribution in [-0.4, -0.2) is 16.1 Å². The number of carbonyl (C=O) groups excluding carboxylic acids is 1. The predicted molar refractivity (Wildman–Crippen MR) is 93.6 cm³/mol. The van der Waals surface area contributed by atoms with Gasteiger partial charge in [-0.25, -0.2) is 4.39 Å². The van der Waals surface area contributed by atoms with Gasteiger partial charge in [0.25, 0.3) is 0 Å². The molecule has 0 fully saturated rings. The zero-order valence-electron chi connectivity index (χ0n) is 12.9. The van der Waals surface area contributed by atoms with Gasteiger partial charge in [0.1, 0.15) is 5.82 Å². The van der Waals surface area contributed by atoms with Gasteiger partial charge in [0.05, 0.1) is 18.2 Å². The van der Waals surface area contributed by atoms with Crippen molar-refractivity contribution >= 4 is 28.4 Å². The molecular formula is C19H15FN2OS. The van der Waals surface area contributed by atoms with E-state index in [-0.39, 0.29) is 17.4 Å². The van der Waals surface area contributed by atoms with E-state index >= 15 is 0 Å². The van der Waals surface area contributed by atoms with Gasteiger partial charge >= 0.3 is 0 Å². The summed E-state index contributed by atoms with van der Waals surface area (Å²) in [4.78, 5) is 13.1. The number of ketones is 1. The Bertz CT molecular complexity index is 927. The summed E-state index contributed by atoms with van der Waals surface area (Å²) in [5, 5.41) is 9.65. The fourth-order valence-electron chi connectivity index (χ4n) is 2.61. The predicted octanol–water partition coefficient (Wildman–Crippen LogP) is 4.67. The Morgan fingerprint density at radius 2 is 1.92 bits per heavy atom. The van der Waals surface area contributed by atoms with Crippen LogP contribution in [0, 0.1) is 17.1 Å². The van der Waals surface area contributed by atoms with E-state index in [2.05, 4.69) is 6.07 Å². The summed E-state index contributed by atoms with van der Waals surface area (Å²) in [5.41, 5.74) is 1.55. The van der Waals surface area contributed by atoms with Crippen molar-refractivity contribution in [1.29, 1.82) is 5.26 Å². The third-order valence-electron chi connectivity index (χ3n) is 3.75. The molecule has 0 aliphatic heterocycles. The highest BCUT2D eigenvalue weighted by Crippen LogP contribution is 2.26. The maximum atomic E-state index is 13.7. The monoisotopic (exact) mass is 338 g/mol. The summed E-state index contributed by atoms with van der Waals surface area (Å²) in [5.74, 6) is -0.186. The topological polar surface area (TPSA) is 45.8 Å². The number of hydrogen-bond acceptors (Lipinski definition) is 3. The Hall–Kier alpha value is -2.58. The number of Topliss-reactive ketones (excluding diaryl/α,β-unsaturated/α-hetero) is 1. The summed E-state index contributed by atoms with van der Waals surface area (Å²) >= 11 is 1.20. The van der Waals surface area contributed by atoms with Crippen molar-refractivity contribution in [3.05, 3.63) is 66.1 Å². The number of nitrogens with zero attached hydrogens (tertiary/aromatic N) is 2. The molecule has 0 radical (unpaired) electrons. The normalized spacial score (nSPS) is 10.7. The number of thioether (sulfide) groups is 1. The van der Waals surface area contributed by atoms with Crippen LogP contribution in [0.15, 0.2) is 59.6 Å². The van der Waals surface area contributed by atoms with Gasteiger partial charge in [0, 0.05) is 34.1 Å². The van der Waals surface area contributed by atoms with E-state index in [1.165, 1.54) is 17.8 Å². The maximum Gasteiger partial charge on any atom is 0.175 e.